The number of benzene rings is 6. The fourth-order valence-corrected chi connectivity index (χ4v) is 24.6. The summed E-state index contributed by atoms with van der Waals surface area (Å²) in [6, 6.07) is 62.5. The van der Waals surface area contributed by atoms with Crippen molar-refractivity contribution < 1.29 is 18.6 Å². The van der Waals surface area contributed by atoms with Gasteiger partial charge in [-0.3, -0.25) is 0 Å². The van der Waals surface area contributed by atoms with Gasteiger partial charge in [-0.25, -0.2) is 0 Å². The maximum absolute atomic E-state index is 16.0. The van der Waals surface area contributed by atoms with E-state index >= 15 is 9.59 Å². The van der Waals surface area contributed by atoms with E-state index < -0.39 is 25.6 Å². The van der Waals surface area contributed by atoms with Crippen molar-refractivity contribution in [3.8, 4) is 0 Å². The Labute approximate surface area is 357 Å². The Bertz CT molecular complexity index is 1920. The van der Waals surface area contributed by atoms with Crippen molar-refractivity contribution in [3.05, 3.63) is 182 Å². The quantitative estimate of drug-likeness (QED) is 0.102. The van der Waals surface area contributed by atoms with Crippen LogP contribution in [0.4, 0.5) is 0 Å². The molecule has 2 aliphatic carbocycles. The van der Waals surface area contributed by atoms with E-state index in [1.54, 1.807) is 0 Å². The van der Waals surface area contributed by atoms with Crippen LogP contribution in [-0.4, -0.2) is 23.3 Å². The molecule has 2 saturated carbocycles. The van der Waals surface area contributed by atoms with Crippen LogP contribution in [0.5, 0.6) is 0 Å². The molecule has 4 nitrogen and oxygen atoms in total. The van der Waals surface area contributed by atoms with Crippen LogP contribution in [0.25, 0.3) is 0 Å². The summed E-state index contributed by atoms with van der Waals surface area (Å²) in [5.74, 6) is -1.84. The zero-order valence-electron chi connectivity index (χ0n) is 34.9. The van der Waals surface area contributed by atoms with Crippen LogP contribution < -0.4 is 31.8 Å². The summed E-state index contributed by atoms with van der Waals surface area (Å²) >= 11 is 0. The van der Waals surface area contributed by atoms with E-state index in [1.165, 1.54) is 12.8 Å². The van der Waals surface area contributed by atoms with Crippen molar-refractivity contribution in [1.82, 2.24) is 0 Å². The number of carbonyl (C=O) groups is 2. The predicted molar refractivity (Wildman–Crippen MR) is 255 cm³/mol. The third-order valence-electron chi connectivity index (χ3n) is 13.9. The zero-order valence-corrected chi connectivity index (χ0v) is 36.7. The van der Waals surface area contributed by atoms with Gasteiger partial charge in [0.2, 0.25) is 0 Å². The van der Waals surface area contributed by atoms with Gasteiger partial charge in [0.15, 0.2) is 0 Å². The van der Waals surface area contributed by atoms with Crippen LogP contribution in [0.15, 0.2) is 182 Å². The van der Waals surface area contributed by atoms with Crippen LogP contribution in [0, 0.1) is 0 Å². The summed E-state index contributed by atoms with van der Waals surface area (Å²) in [7, 11) is 0. The molecule has 6 aromatic rings. The monoisotopic (exact) mass is 834 g/mol. The number of rotatable bonds is 10. The van der Waals surface area contributed by atoms with Gasteiger partial charge in [-0.15, -0.1) is 0 Å². The molecule has 0 bridgehead atoms. The van der Waals surface area contributed by atoms with Gasteiger partial charge in [0.1, 0.15) is 0 Å². The SMILES string of the molecule is O=C(OP(c1ccccc1)(c1ccccc1)(c1ccccc1)C1CCCCCCC1)C(=O)OP(c1ccccc1)(c1ccccc1)(c1ccccc1)C1CCCCCCC1. The Morgan fingerprint density at radius 2 is 0.483 bits per heavy atom. The van der Waals surface area contributed by atoms with E-state index in [9.17, 15) is 0 Å². The van der Waals surface area contributed by atoms with Crippen molar-refractivity contribution >= 4 is 57.4 Å². The van der Waals surface area contributed by atoms with Gasteiger partial charge in [-0.1, -0.05) is 0 Å². The molecule has 0 amide bonds. The molecule has 310 valence electrons. The molecule has 60 heavy (non-hydrogen) atoms. The van der Waals surface area contributed by atoms with Crippen LogP contribution >= 0.6 is 13.7 Å². The summed E-state index contributed by atoms with van der Waals surface area (Å²) < 4.78 is 15.3. The summed E-state index contributed by atoms with van der Waals surface area (Å²) in [6.07, 6.45) is 14.5. The van der Waals surface area contributed by atoms with E-state index in [0.717, 1.165) is 109 Å². The van der Waals surface area contributed by atoms with Gasteiger partial charge in [-0.2, -0.15) is 0 Å². The molecule has 0 aliphatic heterocycles. The first-order chi connectivity index (χ1) is 29.5. The second-order valence-electron chi connectivity index (χ2n) is 17.0. The molecule has 2 aliphatic rings. The summed E-state index contributed by atoms with van der Waals surface area (Å²) in [5, 5.41) is 5.75. The van der Waals surface area contributed by atoms with E-state index in [2.05, 4.69) is 146 Å². The Hall–Kier alpha value is -4.88. The molecule has 0 aromatic heterocycles. The van der Waals surface area contributed by atoms with E-state index in [4.69, 9.17) is 9.05 Å². The van der Waals surface area contributed by atoms with Gasteiger partial charge in [0, 0.05) is 0 Å². The van der Waals surface area contributed by atoms with Crippen molar-refractivity contribution in [3.63, 3.8) is 0 Å². The first-order valence-corrected chi connectivity index (χ1v) is 26.8. The molecule has 0 unspecified atom stereocenters. The number of hydrogen-bond acceptors (Lipinski definition) is 4. The number of carbonyl (C=O) groups excluding carboxylic acids is 2. The standard InChI is InChI=1S/C54H60O4P2/c55-53(57-59(47-33-17-7-18-34-47,48-35-19-8-20-36-48,49-37-21-9-22-38-49)45-29-13-3-1-4-14-30-45)54(56)58-60(50-39-23-10-24-40-50,51-41-25-11-26-42-51,52-43-27-12-28-44-52)46-31-15-5-2-6-16-32-46/h7-12,17-28,33-46H,1-6,13-16,29-32H2. The third-order valence-corrected chi connectivity index (χ3v) is 26.7. The molecule has 6 heteroatoms. The number of hydrogen-bond donors (Lipinski definition) is 0. The van der Waals surface area contributed by atoms with Crippen molar-refractivity contribution in [2.75, 3.05) is 0 Å². The van der Waals surface area contributed by atoms with Crippen LogP contribution in [-0.2, 0) is 18.6 Å². The van der Waals surface area contributed by atoms with Gasteiger partial charge >= 0.3 is 359 Å². The average molecular weight is 835 g/mol. The van der Waals surface area contributed by atoms with E-state index in [-0.39, 0.29) is 11.3 Å². The van der Waals surface area contributed by atoms with Crippen molar-refractivity contribution in [2.45, 2.75) is 101 Å². The molecule has 0 N–H and O–H groups in total. The molecule has 0 saturated heterocycles. The Kier molecular flexibility index (Phi) is 12.8. The first-order valence-electron chi connectivity index (χ1n) is 22.4. The van der Waals surface area contributed by atoms with E-state index in [1.807, 2.05) is 36.4 Å². The Balaban J connectivity index is 1.41. The molecule has 0 heterocycles. The minimum absolute atomic E-state index is 0.0570. The molecular formula is C54H60O4P2. The minimum atomic E-state index is -4.33. The van der Waals surface area contributed by atoms with E-state index in [0.29, 0.717) is 0 Å². The van der Waals surface area contributed by atoms with Crippen molar-refractivity contribution in [2.24, 2.45) is 0 Å². The normalized spacial score (nSPS) is 17.5. The topological polar surface area (TPSA) is 52.6 Å². The fraction of sp³-hybridized carbons (Fsp3) is 0.296. The Morgan fingerprint density at radius 1 is 0.300 bits per heavy atom. The van der Waals surface area contributed by atoms with Gasteiger partial charge in [0.25, 0.3) is 0 Å². The first kappa shape index (κ1) is 41.8. The van der Waals surface area contributed by atoms with Crippen LogP contribution in [0.3, 0.4) is 0 Å². The third kappa shape index (κ3) is 7.04. The molecule has 2 fully saturated rings. The zero-order chi connectivity index (χ0) is 41.2. The van der Waals surface area contributed by atoms with Gasteiger partial charge in [-0.05, 0) is 0 Å². The molecule has 0 atom stereocenters. The second-order valence-corrected chi connectivity index (χ2v) is 26.3. The summed E-state index contributed by atoms with van der Waals surface area (Å²) in [6.45, 7) is -8.66. The van der Waals surface area contributed by atoms with Gasteiger partial charge in [0.05, 0.1) is 0 Å². The maximum atomic E-state index is 16.0. The molecule has 0 radical (unpaired) electrons. The van der Waals surface area contributed by atoms with Crippen molar-refractivity contribution in [1.29, 1.82) is 0 Å². The summed E-state index contributed by atoms with van der Waals surface area (Å²) in [5.41, 5.74) is -0.114. The molecule has 6 aromatic carbocycles. The predicted octanol–water partition coefficient (Wildman–Crippen LogP) is 11.2. The van der Waals surface area contributed by atoms with Gasteiger partial charge < -0.3 is 0 Å². The molecular weight excluding hydrogens is 775 g/mol. The fourth-order valence-electron chi connectivity index (χ4n) is 11.2. The van der Waals surface area contributed by atoms with Crippen LogP contribution in [0.2, 0.25) is 0 Å². The molecule has 8 rings (SSSR count). The second kappa shape index (κ2) is 18.4. The Morgan fingerprint density at radius 3 is 0.683 bits per heavy atom. The summed E-state index contributed by atoms with van der Waals surface area (Å²) in [4.78, 5) is 31.9. The average Bonchev–Trinajstić information content (AvgIpc) is 3.29. The van der Waals surface area contributed by atoms with Crippen LogP contribution in [0.1, 0.15) is 89.9 Å². The molecule has 0 spiro atoms.